The van der Waals surface area contributed by atoms with Gasteiger partial charge in [0.05, 0.1) is 19.9 Å². The monoisotopic (exact) mass is 108 g/mol. The van der Waals surface area contributed by atoms with Crippen molar-refractivity contribution in [3.8, 4) is 0 Å². The van der Waals surface area contributed by atoms with Gasteiger partial charge in [0.2, 0.25) is 0 Å². The highest BCUT2D eigenvalue weighted by Gasteiger charge is 1.94. The zero-order valence-electron chi connectivity index (χ0n) is 3.34. The summed E-state index contributed by atoms with van der Waals surface area (Å²) in [7, 11) is 1.30. The molecule has 0 bridgehead atoms. The van der Waals surface area contributed by atoms with Crippen LogP contribution in [0.2, 0.25) is 0 Å². The van der Waals surface area contributed by atoms with Crippen LogP contribution in [0.4, 0.5) is 4.79 Å². The fourth-order valence-corrected chi connectivity index (χ4v) is 0.158. The molecule has 0 saturated heterocycles. The Balaban J connectivity index is 2.99. The van der Waals surface area contributed by atoms with E-state index in [4.69, 9.17) is 0 Å². The maximum absolute atomic E-state index is 9.83. The Hall–Kier alpha value is -0.220. The van der Waals surface area contributed by atoms with Crippen LogP contribution in [0.1, 0.15) is 0 Å². The van der Waals surface area contributed by atoms with Crippen molar-refractivity contribution in [2.24, 2.45) is 0 Å². The van der Waals surface area contributed by atoms with Crippen LogP contribution in [0.3, 0.4) is 0 Å². The molecule has 4 heteroatoms. The van der Waals surface area contributed by atoms with Gasteiger partial charge < -0.3 is 4.74 Å². The molecule has 0 aromatic heterocycles. The molecule has 0 fully saturated rings. The lowest BCUT2D eigenvalue weighted by Gasteiger charge is -1.82. The largest absolute Gasteiger partial charge is 0.524 e. The van der Waals surface area contributed by atoms with E-state index < -0.39 is 6.09 Å². The van der Waals surface area contributed by atoms with Gasteiger partial charge in [-0.25, -0.2) is 0 Å². The maximum atomic E-state index is 9.83. The predicted molar refractivity (Wildman–Crippen MR) is 23.3 cm³/mol. The number of thiol groups is 1. The predicted octanol–water partition coefficient (Wildman–Crippen LogP) is -0.839. The number of ether oxygens (including phenoxy) is 1. The minimum atomic E-state index is -0.418. The molecule has 0 aliphatic rings. The van der Waals surface area contributed by atoms with Crippen molar-refractivity contribution in [1.29, 1.82) is 0 Å². The number of rotatable bonds is 0. The fraction of sp³-hybridized carbons (Fsp3) is 0.500. The molecule has 0 heterocycles. The number of primary amides is 1. The number of nitrogens with two attached hydrogens (primary N) is 1. The first-order valence-corrected chi connectivity index (χ1v) is 1.88. The summed E-state index contributed by atoms with van der Waals surface area (Å²) in [5.74, 6) is 0. The van der Waals surface area contributed by atoms with Gasteiger partial charge in [-0.3, -0.25) is 0 Å². The molecular formula is C2H6NO2S+. The lowest BCUT2D eigenvalue weighted by Crippen LogP contribution is -2.77. The van der Waals surface area contributed by atoms with Gasteiger partial charge >= 0.3 is 6.09 Å². The third-order valence-corrected chi connectivity index (χ3v) is 0.517. The number of hydrogen-bond donors (Lipinski definition) is 2. The van der Waals surface area contributed by atoms with Crippen molar-refractivity contribution in [2.45, 2.75) is 0 Å². The number of amides is 1. The Morgan fingerprint density at radius 3 is 2.50 bits per heavy atom. The van der Waals surface area contributed by atoms with Gasteiger partial charge in [-0.15, -0.1) is 0 Å². The van der Waals surface area contributed by atoms with Crippen molar-refractivity contribution in [1.82, 2.24) is 0 Å². The van der Waals surface area contributed by atoms with E-state index in [0.29, 0.717) is 0 Å². The van der Waals surface area contributed by atoms with E-state index in [1.54, 1.807) is 0 Å². The van der Waals surface area contributed by atoms with E-state index in [0.717, 1.165) is 4.72 Å². The highest BCUT2D eigenvalue weighted by Crippen LogP contribution is 1.56. The van der Waals surface area contributed by atoms with Gasteiger partial charge in [-0.05, 0) is 0 Å². The van der Waals surface area contributed by atoms with Crippen molar-refractivity contribution >= 4 is 18.9 Å². The van der Waals surface area contributed by atoms with Crippen molar-refractivity contribution in [2.75, 3.05) is 7.11 Å². The van der Waals surface area contributed by atoms with Crippen LogP contribution in [-0.2, 0) is 4.74 Å². The Labute approximate surface area is 41.2 Å². The summed E-state index contributed by atoms with van der Waals surface area (Å²) >= 11 is 3.50. The molecule has 0 unspecified atom stereocenters. The number of methoxy groups -OCH3 is 1. The van der Waals surface area contributed by atoms with Crippen LogP contribution in [-0.4, -0.2) is 13.2 Å². The molecule has 0 saturated carbocycles. The molecule has 0 radical (unpaired) electrons. The molecule has 0 aliphatic carbocycles. The number of carbonyl (C=O) groups excluding carboxylic acids is 1. The molecule has 0 spiro atoms. The molecule has 3 nitrogen and oxygen atoms in total. The summed E-state index contributed by atoms with van der Waals surface area (Å²) in [6, 6.07) is 0. The SMILES string of the molecule is COC(=O)[NH2+]S. The number of carbonyl (C=O) groups is 1. The van der Waals surface area contributed by atoms with E-state index >= 15 is 0 Å². The molecule has 1 amide bonds. The minimum absolute atomic E-state index is 0.418. The summed E-state index contributed by atoms with van der Waals surface area (Å²) < 4.78 is 5.18. The smallest absolute Gasteiger partial charge is 0.423 e. The lowest BCUT2D eigenvalue weighted by atomic mass is 11.2. The second kappa shape index (κ2) is 2.99. The average molecular weight is 108 g/mol. The lowest BCUT2D eigenvalue weighted by molar-refractivity contribution is -0.383. The highest BCUT2D eigenvalue weighted by atomic mass is 32.1. The Kier molecular flexibility index (Phi) is 2.88. The fourth-order valence-electron chi connectivity index (χ4n) is 0.0527. The molecule has 0 aromatic rings. The van der Waals surface area contributed by atoms with E-state index in [2.05, 4.69) is 17.6 Å². The number of quaternary nitrogens is 1. The molecule has 0 rings (SSSR count). The number of hydrogen-bond acceptors (Lipinski definition) is 3. The summed E-state index contributed by atoms with van der Waals surface area (Å²) in [6.45, 7) is 0. The minimum Gasteiger partial charge on any atom is -0.423 e. The van der Waals surface area contributed by atoms with Crippen molar-refractivity contribution in [3.63, 3.8) is 0 Å². The second-order valence-electron chi connectivity index (χ2n) is 0.652. The van der Waals surface area contributed by atoms with Crippen LogP contribution in [0, 0.1) is 0 Å². The molecule has 6 heavy (non-hydrogen) atoms. The zero-order chi connectivity index (χ0) is 4.99. The van der Waals surface area contributed by atoms with Crippen LogP contribution < -0.4 is 4.72 Å². The quantitative estimate of drug-likeness (QED) is 0.397. The van der Waals surface area contributed by atoms with Gasteiger partial charge in [0.1, 0.15) is 0 Å². The van der Waals surface area contributed by atoms with Crippen molar-refractivity contribution in [3.05, 3.63) is 0 Å². The third-order valence-electron chi connectivity index (χ3n) is 0.307. The summed E-state index contributed by atoms with van der Waals surface area (Å²) in [5.41, 5.74) is 0. The van der Waals surface area contributed by atoms with Gasteiger partial charge in [0, 0.05) is 0 Å². The van der Waals surface area contributed by atoms with Gasteiger partial charge in [-0.2, -0.15) is 9.52 Å². The molecule has 0 aliphatic heterocycles. The highest BCUT2D eigenvalue weighted by molar-refractivity contribution is 7.73. The standard InChI is InChI=1S/C2H5NO2S/c1-5-2(4)3-6/h6H,1H3,(H,3,4)/p+1. The first-order valence-electron chi connectivity index (χ1n) is 1.36. The van der Waals surface area contributed by atoms with Gasteiger partial charge in [0.15, 0.2) is 0 Å². The van der Waals surface area contributed by atoms with Crippen LogP contribution in [0.5, 0.6) is 0 Å². The van der Waals surface area contributed by atoms with E-state index in [1.807, 2.05) is 0 Å². The molecule has 0 aromatic carbocycles. The maximum Gasteiger partial charge on any atom is 0.524 e. The first kappa shape index (κ1) is 5.78. The van der Waals surface area contributed by atoms with Gasteiger partial charge in [0.25, 0.3) is 0 Å². The van der Waals surface area contributed by atoms with E-state index in [-0.39, 0.29) is 0 Å². The average Bonchev–Trinajstić information content (AvgIpc) is 1.65. The summed E-state index contributed by atoms with van der Waals surface area (Å²) in [6.07, 6.45) is -0.418. The van der Waals surface area contributed by atoms with Crippen LogP contribution in [0.15, 0.2) is 0 Å². The second-order valence-corrected chi connectivity index (χ2v) is 0.910. The van der Waals surface area contributed by atoms with Crippen LogP contribution >= 0.6 is 12.8 Å². The molecule has 2 N–H and O–H groups in total. The third kappa shape index (κ3) is 2.04. The summed E-state index contributed by atoms with van der Waals surface area (Å²) in [4.78, 5) is 9.83. The zero-order valence-corrected chi connectivity index (χ0v) is 4.24. The molecule has 36 valence electrons. The Bertz CT molecular complexity index is 49.5. The van der Waals surface area contributed by atoms with E-state index in [1.165, 1.54) is 7.11 Å². The van der Waals surface area contributed by atoms with Crippen LogP contribution in [0.25, 0.3) is 0 Å². The normalized spacial score (nSPS) is 7.67. The topological polar surface area (TPSA) is 42.9 Å². The Morgan fingerprint density at radius 2 is 2.50 bits per heavy atom. The molecule has 0 atom stereocenters. The van der Waals surface area contributed by atoms with Gasteiger partial charge in [-0.1, -0.05) is 0 Å². The molecular weight excluding hydrogens is 102 g/mol. The Morgan fingerprint density at radius 1 is 2.00 bits per heavy atom. The van der Waals surface area contributed by atoms with E-state index in [9.17, 15) is 4.79 Å². The summed E-state index contributed by atoms with van der Waals surface area (Å²) in [5, 5.41) is 0. The van der Waals surface area contributed by atoms with Crippen molar-refractivity contribution < 1.29 is 14.3 Å². The first-order chi connectivity index (χ1) is 2.81.